The molecule has 5 rings (SSSR count). The highest BCUT2D eigenvalue weighted by Crippen LogP contribution is 2.29. The molecule has 2 N–H and O–H groups in total. The number of benzene rings is 1. The highest BCUT2D eigenvalue weighted by Gasteiger charge is 2.20. The average Bonchev–Trinajstić information content (AvgIpc) is 3.47. The SMILES string of the molecule is CN(C)CCCc1ccc(Nc2cc(NC3CCC3)c3ncc(C#N)n3n2)cc1-n1cnnc1. The summed E-state index contributed by atoms with van der Waals surface area (Å²) in [4.78, 5) is 6.61. The first kappa shape index (κ1) is 21.9. The van der Waals surface area contributed by atoms with Crippen molar-refractivity contribution in [2.75, 3.05) is 31.3 Å². The van der Waals surface area contributed by atoms with E-state index in [4.69, 9.17) is 0 Å². The zero-order valence-electron chi connectivity index (χ0n) is 19.4. The Kier molecular flexibility index (Phi) is 6.10. The van der Waals surface area contributed by atoms with E-state index in [0.29, 0.717) is 23.2 Å². The topological polar surface area (TPSA) is 112 Å². The zero-order valence-corrected chi connectivity index (χ0v) is 19.4. The number of hydrogen-bond acceptors (Lipinski definition) is 8. The van der Waals surface area contributed by atoms with Gasteiger partial charge in [0.2, 0.25) is 0 Å². The zero-order chi connectivity index (χ0) is 23.5. The number of imidazole rings is 1. The Labute approximate surface area is 198 Å². The number of aryl methyl sites for hydroxylation is 1. The molecular weight excluding hydrogens is 428 g/mol. The van der Waals surface area contributed by atoms with Crippen molar-refractivity contribution < 1.29 is 0 Å². The van der Waals surface area contributed by atoms with Gasteiger partial charge in [0.25, 0.3) is 0 Å². The maximum absolute atomic E-state index is 9.50. The largest absolute Gasteiger partial charge is 0.379 e. The second kappa shape index (κ2) is 9.49. The second-order valence-corrected chi connectivity index (χ2v) is 8.95. The molecule has 10 nitrogen and oxygen atoms in total. The minimum absolute atomic E-state index is 0.400. The van der Waals surface area contributed by atoms with Crippen molar-refractivity contribution in [3.63, 3.8) is 0 Å². The smallest absolute Gasteiger partial charge is 0.178 e. The summed E-state index contributed by atoms with van der Waals surface area (Å²) in [5.74, 6) is 0.638. The Hall–Kier alpha value is -3.97. The van der Waals surface area contributed by atoms with Crippen molar-refractivity contribution in [2.24, 2.45) is 0 Å². The monoisotopic (exact) mass is 456 g/mol. The van der Waals surface area contributed by atoms with Crippen LogP contribution in [0.5, 0.6) is 0 Å². The number of rotatable bonds is 9. The molecule has 1 aromatic carbocycles. The van der Waals surface area contributed by atoms with Gasteiger partial charge in [-0.3, -0.25) is 4.57 Å². The van der Waals surface area contributed by atoms with Crippen LogP contribution in [0.1, 0.15) is 36.9 Å². The quantitative estimate of drug-likeness (QED) is 0.394. The lowest BCUT2D eigenvalue weighted by atomic mass is 9.93. The van der Waals surface area contributed by atoms with Crippen molar-refractivity contribution in [1.29, 1.82) is 5.26 Å². The number of hydrogen-bond donors (Lipinski definition) is 2. The van der Waals surface area contributed by atoms with Crippen molar-refractivity contribution in [2.45, 2.75) is 38.1 Å². The van der Waals surface area contributed by atoms with Gasteiger partial charge in [0.15, 0.2) is 17.2 Å². The lowest BCUT2D eigenvalue weighted by molar-refractivity contribution is 0.400. The summed E-state index contributed by atoms with van der Waals surface area (Å²) in [5.41, 5.74) is 5.09. The first-order chi connectivity index (χ1) is 16.6. The summed E-state index contributed by atoms with van der Waals surface area (Å²) >= 11 is 0. The van der Waals surface area contributed by atoms with Crippen LogP contribution < -0.4 is 10.6 Å². The van der Waals surface area contributed by atoms with E-state index in [-0.39, 0.29) is 0 Å². The van der Waals surface area contributed by atoms with Crippen LogP contribution in [0.3, 0.4) is 0 Å². The second-order valence-electron chi connectivity index (χ2n) is 8.95. The van der Waals surface area contributed by atoms with Gasteiger partial charge >= 0.3 is 0 Å². The van der Waals surface area contributed by atoms with E-state index in [2.05, 4.69) is 74.2 Å². The van der Waals surface area contributed by atoms with Gasteiger partial charge in [-0.1, -0.05) is 6.07 Å². The number of nitriles is 1. The maximum atomic E-state index is 9.50. The molecule has 0 amide bonds. The predicted molar refractivity (Wildman–Crippen MR) is 130 cm³/mol. The molecule has 0 unspecified atom stereocenters. The van der Waals surface area contributed by atoms with Crippen LogP contribution in [-0.4, -0.2) is 60.9 Å². The molecule has 0 atom stereocenters. The first-order valence-corrected chi connectivity index (χ1v) is 11.6. The van der Waals surface area contributed by atoms with Crippen molar-refractivity contribution >= 4 is 22.8 Å². The Bertz CT molecular complexity index is 1310. The molecule has 0 spiro atoms. The highest BCUT2D eigenvalue weighted by atomic mass is 15.3. The van der Waals surface area contributed by atoms with Crippen molar-refractivity contribution in [1.82, 2.24) is 34.3 Å². The molecule has 0 bridgehead atoms. The molecule has 0 saturated heterocycles. The lowest BCUT2D eigenvalue weighted by Crippen LogP contribution is -2.27. The lowest BCUT2D eigenvalue weighted by Gasteiger charge is -2.27. The number of nitrogens with zero attached hydrogens (tertiary/aromatic N) is 8. The van der Waals surface area contributed by atoms with Crippen molar-refractivity contribution in [3.8, 4) is 11.8 Å². The molecule has 1 aliphatic rings. The summed E-state index contributed by atoms with van der Waals surface area (Å²) in [6.45, 7) is 1.02. The van der Waals surface area contributed by atoms with Crippen LogP contribution in [0.25, 0.3) is 11.3 Å². The van der Waals surface area contributed by atoms with Gasteiger partial charge in [-0.2, -0.15) is 9.78 Å². The molecule has 3 aromatic heterocycles. The van der Waals surface area contributed by atoms with Gasteiger partial charge in [-0.25, -0.2) is 4.98 Å². The molecule has 34 heavy (non-hydrogen) atoms. The van der Waals surface area contributed by atoms with Gasteiger partial charge in [0.05, 0.1) is 17.6 Å². The van der Waals surface area contributed by atoms with Crippen LogP contribution in [0.4, 0.5) is 17.2 Å². The van der Waals surface area contributed by atoms with Crippen LogP contribution in [0, 0.1) is 11.3 Å². The molecule has 1 fully saturated rings. The number of aromatic nitrogens is 6. The van der Waals surface area contributed by atoms with E-state index in [1.165, 1.54) is 12.0 Å². The fourth-order valence-corrected chi connectivity index (χ4v) is 4.14. The molecule has 0 radical (unpaired) electrons. The van der Waals surface area contributed by atoms with Gasteiger partial charge in [0.1, 0.15) is 18.7 Å². The minimum atomic E-state index is 0.400. The van der Waals surface area contributed by atoms with Gasteiger partial charge in [-0.15, -0.1) is 15.3 Å². The first-order valence-electron chi connectivity index (χ1n) is 11.6. The molecule has 1 aliphatic carbocycles. The average molecular weight is 457 g/mol. The number of anilines is 3. The fourth-order valence-electron chi connectivity index (χ4n) is 4.14. The van der Waals surface area contributed by atoms with Crippen LogP contribution in [0.2, 0.25) is 0 Å². The maximum Gasteiger partial charge on any atom is 0.178 e. The third-order valence-electron chi connectivity index (χ3n) is 6.15. The summed E-state index contributed by atoms with van der Waals surface area (Å²) in [5, 5.41) is 29.1. The summed E-state index contributed by atoms with van der Waals surface area (Å²) in [7, 11) is 4.17. The van der Waals surface area contributed by atoms with E-state index < -0.39 is 0 Å². The van der Waals surface area contributed by atoms with Gasteiger partial charge < -0.3 is 15.5 Å². The third kappa shape index (κ3) is 4.56. The summed E-state index contributed by atoms with van der Waals surface area (Å²) in [6, 6.07) is 10.8. The highest BCUT2D eigenvalue weighted by molar-refractivity contribution is 5.73. The number of fused-ring (bicyclic) bond motifs is 1. The van der Waals surface area contributed by atoms with E-state index in [0.717, 1.165) is 49.3 Å². The molecule has 3 heterocycles. The summed E-state index contributed by atoms with van der Waals surface area (Å²) < 4.78 is 3.53. The molecule has 174 valence electrons. The molecule has 10 heteroatoms. The molecule has 0 aliphatic heterocycles. The Balaban J connectivity index is 1.47. The predicted octanol–water partition coefficient (Wildman–Crippen LogP) is 3.38. The Morgan fingerprint density at radius 1 is 1.18 bits per heavy atom. The van der Waals surface area contributed by atoms with E-state index >= 15 is 0 Å². The van der Waals surface area contributed by atoms with E-state index in [1.54, 1.807) is 23.4 Å². The van der Waals surface area contributed by atoms with Crippen LogP contribution in [0.15, 0.2) is 43.1 Å². The molecular formula is C24H28N10. The minimum Gasteiger partial charge on any atom is -0.379 e. The van der Waals surface area contributed by atoms with E-state index in [9.17, 15) is 5.26 Å². The standard InChI is InChI=1S/C24H28N10/c1-32(2)10-4-5-17-8-9-19(11-22(17)33-15-27-28-16-33)30-23-12-21(29-18-6-3-7-18)24-26-14-20(13-25)34(24)31-23/h8-9,11-12,14-16,18,29H,3-7,10H2,1-2H3,(H,30,31). The fraction of sp³-hybridized carbons (Fsp3) is 0.375. The Morgan fingerprint density at radius 3 is 2.71 bits per heavy atom. The molecule has 4 aromatic rings. The Morgan fingerprint density at radius 2 is 2.00 bits per heavy atom. The number of nitrogens with one attached hydrogen (secondary N) is 2. The van der Waals surface area contributed by atoms with Crippen LogP contribution in [-0.2, 0) is 6.42 Å². The van der Waals surface area contributed by atoms with Crippen LogP contribution >= 0.6 is 0 Å². The van der Waals surface area contributed by atoms with Crippen molar-refractivity contribution in [3.05, 3.63) is 54.4 Å². The van der Waals surface area contributed by atoms with Gasteiger partial charge in [-0.05, 0) is 70.4 Å². The molecule has 1 saturated carbocycles. The normalized spacial score (nSPS) is 13.7. The van der Waals surface area contributed by atoms with Gasteiger partial charge in [0, 0.05) is 17.8 Å². The third-order valence-corrected chi connectivity index (χ3v) is 6.15. The summed E-state index contributed by atoms with van der Waals surface area (Å²) in [6.07, 6.45) is 10.5. The van der Waals surface area contributed by atoms with E-state index in [1.807, 2.05) is 10.6 Å².